The van der Waals surface area contributed by atoms with E-state index in [2.05, 4.69) is 19.9 Å². The molecule has 0 radical (unpaired) electrons. The third-order valence-corrected chi connectivity index (χ3v) is 3.33. The van der Waals surface area contributed by atoms with Gasteiger partial charge in [-0.2, -0.15) is 0 Å². The molecule has 1 heterocycles. The molecule has 2 rings (SSSR count). The van der Waals surface area contributed by atoms with Crippen molar-refractivity contribution in [1.29, 1.82) is 5.41 Å². The lowest BCUT2D eigenvalue weighted by molar-refractivity contribution is 1.08. The van der Waals surface area contributed by atoms with Crippen molar-refractivity contribution in [3.8, 4) is 0 Å². The number of nitrogens with zero attached hydrogens (tertiary/aromatic N) is 3. The van der Waals surface area contributed by atoms with Gasteiger partial charge in [-0.1, -0.05) is 25.1 Å². The molecule has 0 aliphatic rings. The quantitative estimate of drug-likeness (QED) is 0.479. The van der Waals surface area contributed by atoms with Crippen LogP contribution in [-0.2, 0) is 0 Å². The van der Waals surface area contributed by atoms with Crippen molar-refractivity contribution < 1.29 is 0 Å². The second kappa shape index (κ2) is 6.76. The van der Waals surface area contributed by atoms with E-state index >= 15 is 0 Å². The second-order valence-corrected chi connectivity index (χ2v) is 4.75. The molecule has 0 aliphatic heterocycles. The summed E-state index contributed by atoms with van der Waals surface area (Å²) in [4.78, 5) is 19.9. The number of hydrogen-bond acceptors (Lipinski definition) is 7. The van der Waals surface area contributed by atoms with Gasteiger partial charge >= 0.3 is 0 Å². The van der Waals surface area contributed by atoms with Crippen LogP contribution in [-0.4, -0.2) is 15.7 Å². The van der Waals surface area contributed by atoms with E-state index in [-0.39, 0.29) is 17.4 Å². The van der Waals surface area contributed by atoms with Gasteiger partial charge in [0.25, 0.3) is 0 Å². The molecule has 0 saturated carbocycles. The van der Waals surface area contributed by atoms with Crippen LogP contribution >= 0.6 is 11.9 Å². The first kappa shape index (κ1) is 14.1. The maximum Gasteiger partial charge on any atom is 0.224 e. The third kappa shape index (κ3) is 3.39. The minimum absolute atomic E-state index is 0.0108. The average Bonchev–Trinajstić information content (AvgIpc) is 2.53. The van der Waals surface area contributed by atoms with Gasteiger partial charge < -0.3 is 10.1 Å². The van der Waals surface area contributed by atoms with E-state index in [1.165, 1.54) is 18.1 Å². The van der Waals surface area contributed by atoms with Gasteiger partial charge in [-0.3, -0.25) is 0 Å². The van der Waals surface area contributed by atoms with E-state index < -0.39 is 0 Å². The van der Waals surface area contributed by atoms with Crippen molar-refractivity contribution in [2.24, 2.45) is 5.18 Å². The van der Waals surface area contributed by atoms with Crippen LogP contribution in [0.5, 0.6) is 0 Å². The molecule has 1 aromatic heterocycles. The Morgan fingerprint density at radius 1 is 1.40 bits per heavy atom. The largest absolute Gasteiger partial charge is 0.321 e. The Morgan fingerprint density at radius 3 is 2.80 bits per heavy atom. The van der Waals surface area contributed by atoms with Crippen molar-refractivity contribution in [2.75, 3.05) is 4.72 Å². The number of nitroso groups, excluding NO2 is 1. The predicted octanol–water partition coefficient (Wildman–Crippen LogP) is 3.77. The minimum atomic E-state index is 0.0108. The summed E-state index contributed by atoms with van der Waals surface area (Å²) in [6, 6.07) is 9.65. The molecular formula is C13H13N5OS. The molecule has 0 atom stereocenters. The van der Waals surface area contributed by atoms with Crippen LogP contribution in [0.1, 0.15) is 19.2 Å². The topological polar surface area (TPSA) is 91.1 Å². The highest BCUT2D eigenvalue weighted by Crippen LogP contribution is 2.27. The number of benzene rings is 1. The van der Waals surface area contributed by atoms with Gasteiger partial charge in [0.1, 0.15) is 5.69 Å². The van der Waals surface area contributed by atoms with Gasteiger partial charge in [0, 0.05) is 4.90 Å². The van der Waals surface area contributed by atoms with Gasteiger partial charge in [0.05, 0.1) is 11.9 Å². The lowest BCUT2D eigenvalue weighted by atomic mass is 10.3. The zero-order valence-electron chi connectivity index (χ0n) is 10.8. The van der Waals surface area contributed by atoms with E-state index in [1.54, 1.807) is 0 Å². The van der Waals surface area contributed by atoms with Crippen molar-refractivity contribution in [3.63, 3.8) is 0 Å². The zero-order valence-corrected chi connectivity index (χ0v) is 11.6. The molecule has 0 amide bonds. The predicted molar refractivity (Wildman–Crippen MR) is 80.5 cm³/mol. The number of anilines is 1. The molecule has 6 nitrogen and oxygen atoms in total. The second-order valence-electron chi connectivity index (χ2n) is 3.87. The zero-order chi connectivity index (χ0) is 14.4. The van der Waals surface area contributed by atoms with Crippen LogP contribution in [0.3, 0.4) is 0 Å². The molecule has 20 heavy (non-hydrogen) atoms. The van der Waals surface area contributed by atoms with Crippen LogP contribution in [0.2, 0.25) is 0 Å². The maximum atomic E-state index is 10.8. The van der Waals surface area contributed by atoms with Gasteiger partial charge in [0.15, 0.2) is 5.82 Å². The lowest BCUT2D eigenvalue weighted by Crippen LogP contribution is -2.04. The minimum Gasteiger partial charge on any atom is -0.321 e. The van der Waals surface area contributed by atoms with Crippen molar-refractivity contribution >= 4 is 29.2 Å². The molecule has 102 valence electrons. The first-order valence-corrected chi connectivity index (χ1v) is 6.82. The molecule has 0 unspecified atom stereocenters. The molecule has 2 N–H and O–H groups in total. The molecule has 0 aliphatic carbocycles. The average molecular weight is 287 g/mol. The molecule has 7 heteroatoms. The summed E-state index contributed by atoms with van der Waals surface area (Å²) in [6.45, 7) is 1.83. The van der Waals surface area contributed by atoms with E-state index in [9.17, 15) is 4.91 Å². The molecular weight excluding hydrogens is 274 g/mol. The number of hydrogen-bond donors (Lipinski definition) is 2. The smallest absolute Gasteiger partial charge is 0.224 e. The fourth-order valence-corrected chi connectivity index (χ4v) is 2.09. The Balaban J connectivity index is 2.15. The molecule has 1 aromatic carbocycles. The Bertz CT molecular complexity index is 617. The molecule has 0 spiro atoms. The summed E-state index contributed by atoms with van der Waals surface area (Å²) in [5.41, 5.74) is 0.707. The fraction of sp³-hybridized carbons (Fsp3) is 0.154. The monoisotopic (exact) mass is 287 g/mol. The SMILES string of the molecule is CCC(=N)c1ncc(NSc2ccccc2)c(N=O)n1. The van der Waals surface area contributed by atoms with Gasteiger partial charge in [-0.25, -0.2) is 9.97 Å². The summed E-state index contributed by atoms with van der Waals surface area (Å²) in [6.07, 6.45) is 1.98. The highest BCUT2D eigenvalue weighted by Gasteiger charge is 2.10. The summed E-state index contributed by atoms with van der Waals surface area (Å²) < 4.78 is 2.99. The Morgan fingerprint density at radius 2 is 2.15 bits per heavy atom. The molecule has 0 fully saturated rings. The van der Waals surface area contributed by atoms with Crippen molar-refractivity contribution in [2.45, 2.75) is 18.2 Å². The normalized spacial score (nSPS) is 10.1. The first-order chi connectivity index (χ1) is 9.74. The first-order valence-electron chi connectivity index (χ1n) is 6.00. The highest BCUT2D eigenvalue weighted by atomic mass is 32.2. The van der Waals surface area contributed by atoms with E-state index in [0.717, 1.165) is 4.90 Å². The van der Waals surface area contributed by atoms with E-state index in [0.29, 0.717) is 12.1 Å². The van der Waals surface area contributed by atoms with Gasteiger partial charge in [-0.05, 0) is 35.7 Å². The fourth-order valence-electron chi connectivity index (χ4n) is 1.42. The number of aromatic nitrogens is 2. The Labute approximate surface area is 120 Å². The Kier molecular flexibility index (Phi) is 4.78. The maximum absolute atomic E-state index is 10.8. The molecule has 0 saturated heterocycles. The van der Waals surface area contributed by atoms with E-state index in [4.69, 9.17) is 5.41 Å². The standard InChI is InChI=1S/C13H13N5OS/c1-2-10(14)12-15-8-11(13(16-12)17-19)18-20-9-6-4-3-5-7-9/h3-8,14,18H,2H2,1H3. The number of nitrogens with one attached hydrogen (secondary N) is 2. The van der Waals surface area contributed by atoms with Crippen molar-refractivity contribution in [1.82, 2.24) is 9.97 Å². The molecule has 0 bridgehead atoms. The lowest BCUT2D eigenvalue weighted by Gasteiger charge is -2.07. The Hall–Kier alpha value is -2.28. The highest BCUT2D eigenvalue weighted by molar-refractivity contribution is 8.00. The van der Waals surface area contributed by atoms with Crippen LogP contribution in [0.4, 0.5) is 11.5 Å². The van der Waals surface area contributed by atoms with Gasteiger partial charge in [0.2, 0.25) is 5.82 Å². The van der Waals surface area contributed by atoms with Crippen molar-refractivity contribution in [3.05, 3.63) is 47.3 Å². The van der Waals surface area contributed by atoms with Crippen LogP contribution in [0, 0.1) is 10.3 Å². The third-order valence-electron chi connectivity index (χ3n) is 2.50. The van der Waals surface area contributed by atoms with Crippen LogP contribution in [0.25, 0.3) is 0 Å². The summed E-state index contributed by atoms with van der Waals surface area (Å²) in [5, 5.41) is 10.5. The molecule has 2 aromatic rings. The van der Waals surface area contributed by atoms with Gasteiger partial charge in [-0.15, -0.1) is 4.91 Å². The van der Waals surface area contributed by atoms with Crippen LogP contribution < -0.4 is 4.72 Å². The van der Waals surface area contributed by atoms with Crippen LogP contribution in [0.15, 0.2) is 46.6 Å². The summed E-state index contributed by atoms with van der Waals surface area (Å²) >= 11 is 1.34. The number of rotatable bonds is 6. The summed E-state index contributed by atoms with van der Waals surface area (Å²) in [7, 11) is 0. The van der Waals surface area contributed by atoms with E-state index in [1.807, 2.05) is 37.3 Å². The summed E-state index contributed by atoms with van der Waals surface area (Å²) in [5.74, 6) is 0.244.